The molecule has 0 bridgehead atoms. The maximum absolute atomic E-state index is 13.6. The third-order valence-corrected chi connectivity index (χ3v) is 3.73. The Hall–Kier alpha value is -1.40. The minimum absolute atomic E-state index is 0.290. The summed E-state index contributed by atoms with van der Waals surface area (Å²) in [6, 6.07) is 6.60. The van der Waals surface area contributed by atoms with Gasteiger partial charge in [-0.1, -0.05) is 19.4 Å². The van der Waals surface area contributed by atoms with E-state index in [2.05, 4.69) is 12.2 Å². The molecule has 0 spiro atoms. The van der Waals surface area contributed by atoms with Crippen LogP contribution in [0.5, 0.6) is 0 Å². The molecule has 1 fully saturated rings. The van der Waals surface area contributed by atoms with E-state index < -0.39 is 0 Å². The molecule has 2 unspecified atom stereocenters. The molecule has 18 heavy (non-hydrogen) atoms. The third kappa shape index (κ3) is 3.30. The van der Waals surface area contributed by atoms with Crippen molar-refractivity contribution in [3.8, 4) is 6.07 Å². The van der Waals surface area contributed by atoms with Crippen molar-refractivity contribution < 1.29 is 4.39 Å². The number of hydrogen-bond acceptors (Lipinski definition) is 2. The zero-order valence-corrected chi connectivity index (χ0v) is 10.7. The quantitative estimate of drug-likeness (QED) is 0.885. The van der Waals surface area contributed by atoms with Gasteiger partial charge < -0.3 is 5.32 Å². The van der Waals surface area contributed by atoms with Crippen molar-refractivity contribution in [2.45, 2.75) is 32.7 Å². The van der Waals surface area contributed by atoms with Gasteiger partial charge in [0.05, 0.1) is 11.6 Å². The van der Waals surface area contributed by atoms with Crippen LogP contribution < -0.4 is 5.32 Å². The second kappa shape index (κ2) is 5.97. The molecular formula is C15H19FN2. The van der Waals surface area contributed by atoms with Gasteiger partial charge in [-0.25, -0.2) is 4.39 Å². The van der Waals surface area contributed by atoms with Gasteiger partial charge in [0, 0.05) is 12.1 Å². The van der Waals surface area contributed by atoms with Crippen LogP contribution >= 0.6 is 0 Å². The Kier molecular flexibility index (Phi) is 4.33. The topological polar surface area (TPSA) is 35.8 Å². The Labute approximate surface area is 108 Å². The lowest BCUT2D eigenvalue weighted by Crippen LogP contribution is -2.21. The van der Waals surface area contributed by atoms with Gasteiger partial charge in [0.25, 0.3) is 0 Å². The Morgan fingerprint density at radius 2 is 2.28 bits per heavy atom. The maximum Gasteiger partial charge on any atom is 0.129 e. The molecular weight excluding hydrogens is 227 g/mol. The predicted octanol–water partition coefficient (Wildman–Crippen LogP) is 3.22. The van der Waals surface area contributed by atoms with Crippen LogP contribution in [0.4, 0.5) is 4.39 Å². The largest absolute Gasteiger partial charge is 0.312 e. The maximum atomic E-state index is 13.6. The summed E-state index contributed by atoms with van der Waals surface area (Å²) in [5.74, 6) is 1.28. The lowest BCUT2D eigenvalue weighted by atomic mass is 10.1. The van der Waals surface area contributed by atoms with Gasteiger partial charge in [0.15, 0.2) is 0 Å². The average Bonchev–Trinajstić information content (AvgIpc) is 2.77. The molecule has 0 aliphatic heterocycles. The highest BCUT2D eigenvalue weighted by Crippen LogP contribution is 2.29. The van der Waals surface area contributed by atoms with Crippen LogP contribution in [0.2, 0.25) is 0 Å². The Morgan fingerprint density at radius 1 is 1.44 bits per heavy atom. The second-order valence-electron chi connectivity index (χ2n) is 5.33. The Bertz CT molecular complexity index is 450. The van der Waals surface area contributed by atoms with E-state index in [1.54, 1.807) is 12.1 Å². The van der Waals surface area contributed by atoms with E-state index in [9.17, 15) is 4.39 Å². The number of nitrogens with one attached hydrogen (secondary N) is 1. The fourth-order valence-corrected chi connectivity index (χ4v) is 2.68. The van der Waals surface area contributed by atoms with Gasteiger partial charge in [-0.2, -0.15) is 5.26 Å². The van der Waals surface area contributed by atoms with E-state index in [0.29, 0.717) is 17.7 Å². The van der Waals surface area contributed by atoms with Crippen LogP contribution in [0.25, 0.3) is 0 Å². The minimum Gasteiger partial charge on any atom is -0.312 e. The van der Waals surface area contributed by atoms with Crippen molar-refractivity contribution in [1.82, 2.24) is 5.32 Å². The van der Waals surface area contributed by atoms with Crippen LogP contribution in [0.15, 0.2) is 18.2 Å². The summed E-state index contributed by atoms with van der Waals surface area (Å²) in [4.78, 5) is 0. The molecule has 2 atom stereocenters. The molecule has 0 heterocycles. The molecule has 2 nitrogen and oxygen atoms in total. The van der Waals surface area contributed by atoms with Crippen LogP contribution in [0.3, 0.4) is 0 Å². The number of nitrogens with zero attached hydrogens (tertiary/aromatic N) is 1. The van der Waals surface area contributed by atoms with Gasteiger partial charge in [0.2, 0.25) is 0 Å². The summed E-state index contributed by atoms with van der Waals surface area (Å²) < 4.78 is 13.6. The summed E-state index contributed by atoms with van der Waals surface area (Å²) in [6.45, 7) is 3.80. The lowest BCUT2D eigenvalue weighted by Gasteiger charge is -2.11. The zero-order valence-electron chi connectivity index (χ0n) is 10.7. The molecule has 3 heteroatoms. The van der Waals surface area contributed by atoms with Crippen LogP contribution in [0.1, 0.15) is 37.3 Å². The van der Waals surface area contributed by atoms with Crippen molar-refractivity contribution in [2.24, 2.45) is 11.8 Å². The highest BCUT2D eigenvalue weighted by molar-refractivity contribution is 5.32. The SMILES string of the molecule is CC1CCC(CNCc2ccc(C#N)cc2F)C1. The van der Waals surface area contributed by atoms with E-state index in [-0.39, 0.29) is 5.82 Å². The monoisotopic (exact) mass is 246 g/mol. The smallest absolute Gasteiger partial charge is 0.129 e. The summed E-state index contributed by atoms with van der Waals surface area (Å²) in [7, 11) is 0. The molecule has 1 aliphatic carbocycles. The first-order valence-electron chi connectivity index (χ1n) is 6.58. The number of hydrogen-bond donors (Lipinski definition) is 1. The highest BCUT2D eigenvalue weighted by atomic mass is 19.1. The first kappa shape index (κ1) is 13.0. The number of benzene rings is 1. The molecule has 0 amide bonds. The molecule has 1 aromatic rings. The first-order valence-corrected chi connectivity index (χ1v) is 6.58. The summed E-state index contributed by atoms with van der Waals surface area (Å²) in [5.41, 5.74) is 1.01. The van der Waals surface area contributed by atoms with Gasteiger partial charge in [-0.3, -0.25) is 0 Å². The normalized spacial score (nSPS) is 22.9. The molecule has 1 N–H and O–H groups in total. The van der Waals surface area contributed by atoms with Gasteiger partial charge in [-0.05, 0) is 43.4 Å². The highest BCUT2D eigenvalue weighted by Gasteiger charge is 2.20. The van der Waals surface area contributed by atoms with Crippen LogP contribution in [-0.2, 0) is 6.54 Å². The van der Waals surface area contributed by atoms with Crippen LogP contribution in [-0.4, -0.2) is 6.54 Å². The number of rotatable bonds is 4. The molecule has 2 rings (SSSR count). The van der Waals surface area contributed by atoms with Crippen molar-refractivity contribution >= 4 is 0 Å². The summed E-state index contributed by atoms with van der Waals surface area (Å²) in [6.07, 6.45) is 3.88. The second-order valence-corrected chi connectivity index (χ2v) is 5.33. The Balaban J connectivity index is 1.82. The summed E-state index contributed by atoms with van der Waals surface area (Å²) in [5, 5.41) is 12.0. The molecule has 0 saturated heterocycles. The fraction of sp³-hybridized carbons (Fsp3) is 0.533. The fourth-order valence-electron chi connectivity index (χ4n) is 2.68. The van der Waals surface area contributed by atoms with E-state index >= 15 is 0 Å². The lowest BCUT2D eigenvalue weighted by molar-refractivity contribution is 0.466. The molecule has 1 saturated carbocycles. The number of nitriles is 1. The van der Waals surface area contributed by atoms with E-state index in [1.807, 2.05) is 6.07 Å². The predicted molar refractivity (Wildman–Crippen MR) is 69.3 cm³/mol. The van der Waals surface area contributed by atoms with E-state index in [1.165, 1.54) is 25.3 Å². The molecule has 1 aliphatic rings. The van der Waals surface area contributed by atoms with Crippen molar-refractivity contribution in [3.05, 3.63) is 35.1 Å². The van der Waals surface area contributed by atoms with E-state index in [4.69, 9.17) is 5.26 Å². The minimum atomic E-state index is -0.290. The molecule has 1 aromatic carbocycles. The van der Waals surface area contributed by atoms with E-state index in [0.717, 1.165) is 18.4 Å². The molecule has 0 aromatic heterocycles. The van der Waals surface area contributed by atoms with Gasteiger partial charge in [0.1, 0.15) is 5.82 Å². The third-order valence-electron chi connectivity index (χ3n) is 3.73. The Morgan fingerprint density at radius 3 is 2.89 bits per heavy atom. The van der Waals surface area contributed by atoms with Gasteiger partial charge in [-0.15, -0.1) is 0 Å². The van der Waals surface area contributed by atoms with Crippen LogP contribution in [0, 0.1) is 29.0 Å². The van der Waals surface area contributed by atoms with Crippen molar-refractivity contribution in [2.75, 3.05) is 6.54 Å². The molecule has 0 radical (unpaired) electrons. The van der Waals surface area contributed by atoms with Gasteiger partial charge >= 0.3 is 0 Å². The number of halogens is 1. The first-order chi connectivity index (χ1) is 8.69. The van der Waals surface area contributed by atoms with Crippen molar-refractivity contribution in [3.63, 3.8) is 0 Å². The molecule has 96 valence electrons. The standard InChI is InChI=1S/C15H19FN2/c1-11-2-3-13(6-11)9-18-10-14-5-4-12(8-17)7-15(14)16/h4-5,7,11,13,18H,2-3,6,9-10H2,1H3. The van der Waals surface area contributed by atoms with Crippen molar-refractivity contribution in [1.29, 1.82) is 5.26 Å². The average molecular weight is 246 g/mol. The zero-order chi connectivity index (χ0) is 13.0. The summed E-state index contributed by atoms with van der Waals surface area (Å²) >= 11 is 0.